The van der Waals surface area contributed by atoms with Gasteiger partial charge in [-0.15, -0.1) is 11.6 Å². The van der Waals surface area contributed by atoms with Gasteiger partial charge in [-0.3, -0.25) is 4.79 Å². The molecular formula is C21H23ClN2O3. The van der Waals surface area contributed by atoms with Gasteiger partial charge in [-0.05, 0) is 36.5 Å². The van der Waals surface area contributed by atoms with Crippen LogP contribution in [0.25, 0.3) is 10.9 Å². The molecule has 1 aliphatic carbocycles. The number of alkyl halides is 1. The lowest BCUT2D eigenvalue weighted by Crippen LogP contribution is -2.53. The van der Waals surface area contributed by atoms with E-state index in [1.807, 2.05) is 43.5 Å². The van der Waals surface area contributed by atoms with Gasteiger partial charge in [0.2, 0.25) is 5.91 Å². The summed E-state index contributed by atoms with van der Waals surface area (Å²) in [6.45, 7) is 2.50. The van der Waals surface area contributed by atoms with Gasteiger partial charge in [-0.1, -0.05) is 30.7 Å². The number of amides is 1. The second kappa shape index (κ2) is 6.71. The van der Waals surface area contributed by atoms with E-state index in [9.17, 15) is 9.59 Å². The molecule has 2 aromatic rings. The highest BCUT2D eigenvalue weighted by molar-refractivity contribution is 6.23. The Balaban J connectivity index is 1.69. The predicted octanol–water partition coefficient (Wildman–Crippen LogP) is 3.43. The third-order valence-electron chi connectivity index (χ3n) is 5.93. The van der Waals surface area contributed by atoms with Crippen molar-refractivity contribution in [3.05, 3.63) is 47.7 Å². The molecule has 0 radical (unpaired) electrons. The number of methoxy groups -OCH3 is 1. The van der Waals surface area contributed by atoms with Crippen molar-refractivity contribution in [3.8, 4) is 0 Å². The minimum absolute atomic E-state index is 0.0673. The third kappa shape index (κ3) is 2.76. The molecule has 142 valence electrons. The molecule has 1 saturated heterocycles. The van der Waals surface area contributed by atoms with E-state index in [2.05, 4.69) is 4.98 Å². The first-order chi connectivity index (χ1) is 13.0. The fourth-order valence-corrected chi connectivity index (χ4v) is 4.97. The number of esters is 1. The number of H-pyrrole nitrogens is 1. The molecule has 6 heteroatoms. The van der Waals surface area contributed by atoms with Crippen LogP contribution in [0.15, 0.2) is 42.1 Å². The van der Waals surface area contributed by atoms with Crippen LogP contribution >= 0.6 is 11.6 Å². The number of carbonyl (C=O) groups excluding carboxylic acids is 2. The summed E-state index contributed by atoms with van der Waals surface area (Å²) in [4.78, 5) is 30.9. The molecule has 0 unspecified atom stereocenters. The highest BCUT2D eigenvalue weighted by atomic mass is 35.5. The average molecular weight is 387 g/mol. The van der Waals surface area contributed by atoms with Crippen molar-refractivity contribution >= 4 is 34.4 Å². The van der Waals surface area contributed by atoms with Crippen LogP contribution in [-0.4, -0.2) is 46.3 Å². The Morgan fingerprint density at radius 1 is 1.37 bits per heavy atom. The zero-order chi connectivity index (χ0) is 19.2. The minimum Gasteiger partial charge on any atom is -0.467 e. The van der Waals surface area contributed by atoms with Crippen LogP contribution in [0.3, 0.4) is 0 Å². The van der Waals surface area contributed by atoms with Crippen molar-refractivity contribution in [2.24, 2.45) is 5.92 Å². The number of para-hydroxylation sites is 1. The van der Waals surface area contributed by atoms with Crippen LogP contribution in [0.2, 0.25) is 0 Å². The molecule has 27 heavy (non-hydrogen) atoms. The molecule has 2 heterocycles. The molecule has 1 amide bonds. The van der Waals surface area contributed by atoms with E-state index in [0.29, 0.717) is 13.0 Å². The van der Waals surface area contributed by atoms with Crippen molar-refractivity contribution < 1.29 is 14.3 Å². The molecule has 1 aliphatic heterocycles. The molecule has 2 bridgehead atoms. The molecule has 1 aromatic heterocycles. The minimum atomic E-state index is -1.03. The quantitative estimate of drug-likeness (QED) is 0.497. The Kier molecular flexibility index (Phi) is 4.50. The Hall–Kier alpha value is -2.27. The highest BCUT2D eigenvalue weighted by Gasteiger charge is 2.57. The number of allylic oxidation sites excluding steroid dienone is 1. The molecule has 3 atom stereocenters. The number of benzene rings is 1. The largest absolute Gasteiger partial charge is 0.467 e. The van der Waals surface area contributed by atoms with E-state index in [4.69, 9.17) is 16.3 Å². The first-order valence-corrected chi connectivity index (χ1v) is 9.73. The van der Waals surface area contributed by atoms with Crippen molar-refractivity contribution in [2.45, 2.75) is 37.1 Å². The Labute approximate surface area is 163 Å². The zero-order valence-corrected chi connectivity index (χ0v) is 16.3. The van der Waals surface area contributed by atoms with Crippen molar-refractivity contribution in [1.29, 1.82) is 0 Å². The Bertz CT molecular complexity index is 934. The average Bonchev–Trinajstić information content (AvgIpc) is 3.25. The highest BCUT2D eigenvalue weighted by Crippen LogP contribution is 2.46. The van der Waals surface area contributed by atoms with Gasteiger partial charge >= 0.3 is 5.97 Å². The lowest BCUT2D eigenvalue weighted by Gasteiger charge is -2.35. The number of rotatable bonds is 4. The molecule has 5 nitrogen and oxygen atoms in total. The number of hydrogen-bond donors (Lipinski definition) is 1. The van der Waals surface area contributed by atoms with Gasteiger partial charge in [-0.25, -0.2) is 4.79 Å². The molecule has 1 fully saturated rings. The van der Waals surface area contributed by atoms with Gasteiger partial charge in [0.05, 0.1) is 18.9 Å². The standard InChI is InChI=1S/C21H23ClN2O3/c1-3-13-9-21(20(26)27-2)10-15(19(13)22)12-24(21)18(25)8-14-11-23-17-7-5-4-6-16(14)17/h4-7,9,11,15,19,23H,3,8,10,12H2,1-2H3/t15-,19+,21+/m0/s1. The second-order valence-electron chi connectivity index (χ2n) is 7.40. The number of nitrogens with one attached hydrogen (secondary N) is 1. The summed E-state index contributed by atoms with van der Waals surface area (Å²) in [6.07, 6.45) is 5.27. The normalized spacial score (nSPS) is 26.9. The van der Waals surface area contributed by atoms with Gasteiger partial charge in [-0.2, -0.15) is 0 Å². The van der Waals surface area contributed by atoms with E-state index in [0.717, 1.165) is 28.5 Å². The summed E-state index contributed by atoms with van der Waals surface area (Å²) in [5, 5.41) is 0.888. The van der Waals surface area contributed by atoms with Crippen LogP contribution in [0, 0.1) is 5.92 Å². The molecule has 0 spiro atoms. The fourth-order valence-electron chi connectivity index (χ4n) is 4.58. The number of halogens is 1. The number of fused-ring (bicyclic) bond motifs is 3. The van der Waals surface area contributed by atoms with E-state index >= 15 is 0 Å². The van der Waals surface area contributed by atoms with Gasteiger partial charge in [0.25, 0.3) is 0 Å². The van der Waals surface area contributed by atoms with Crippen LogP contribution in [0.5, 0.6) is 0 Å². The summed E-state index contributed by atoms with van der Waals surface area (Å²) < 4.78 is 5.10. The number of carbonyl (C=O) groups is 2. The summed E-state index contributed by atoms with van der Waals surface area (Å²) in [7, 11) is 1.37. The molecule has 1 aromatic carbocycles. The van der Waals surface area contributed by atoms with E-state index in [1.54, 1.807) is 4.90 Å². The van der Waals surface area contributed by atoms with Gasteiger partial charge < -0.3 is 14.6 Å². The summed E-state index contributed by atoms with van der Waals surface area (Å²) in [5.74, 6) is -0.394. The first kappa shape index (κ1) is 18.1. The lowest BCUT2D eigenvalue weighted by molar-refractivity contribution is -0.155. The number of aromatic amines is 1. The number of nitrogens with zero attached hydrogens (tertiary/aromatic N) is 1. The Morgan fingerprint density at radius 2 is 2.15 bits per heavy atom. The van der Waals surface area contributed by atoms with Crippen molar-refractivity contribution in [1.82, 2.24) is 9.88 Å². The SMILES string of the molecule is CCC1=C[C@]2(C(=O)OC)C[C@@H](CN2C(=O)Cc2c[nH]c3ccccc23)[C@@H]1Cl. The molecule has 1 N–H and O–H groups in total. The topological polar surface area (TPSA) is 62.4 Å². The van der Waals surface area contributed by atoms with Crippen LogP contribution < -0.4 is 0 Å². The smallest absolute Gasteiger partial charge is 0.335 e. The maximum absolute atomic E-state index is 13.3. The number of likely N-dealkylation sites (tertiary alicyclic amines) is 1. The van der Waals surface area contributed by atoms with Crippen LogP contribution in [0.1, 0.15) is 25.3 Å². The van der Waals surface area contributed by atoms with E-state index in [1.165, 1.54) is 7.11 Å². The fraction of sp³-hybridized carbons (Fsp3) is 0.429. The molecule has 2 aliphatic rings. The van der Waals surface area contributed by atoms with Gasteiger partial charge in [0, 0.05) is 23.6 Å². The monoisotopic (exact) mass is 386 g/mol. The van der Waals surface area contributed by atoms with Gasteiger partial charge in [0.15, 0.2) is 5.54 Å². The van der Waals surface area contributed by atoms with Crippen LogP contribution in [-0.2, 0) is 20.7 Å². The predicted molar refractivity (Wildman–Crippen MR) is 105 cm³/mol. The third-order valence-corrected chi connectivity index (χ3v) is 6.57. The summed E-state index contributed by atoms with van der Waals surface area (Å²) in [5.41, 5.74) is 1.91. The molecule has 4 rings (SSSR count). The van der Waals surface area contributed by atoms with Gasteiger partial charge in [0.1, 0.15) is 0 Å². The van der Waals surface area contributed by atoms with Crippen molar-refractivity contribution in [3.63, 3.8) is 0 Å². The number of hydrogen-bond acceptors (Lipinski definition) is 3. The van der Waals surface area contributed by atoms with Crippen molar-refractivity contribution in [2.75, 3.05) is 13.7 Å². The maximum atomic E-state index is 13.3. The summed E-state index contributed by atoms with van der Waals surface area (Å²) in [6, 6.07) is 7.89. The van der Waals surface area contributed by atoms with E-state index in [-0.39, 0.29) is 29.6 Å². The van der Waals surface area contributed by atoms with E-state index < -0.39 is 5.54 Å². The number of ether oxygens (including phenoxy) is 1. The first-order valence-electron chi connectivity index (χ1n) is 9.29. The molecule has 0 saturated carbocycles. The second-order valence-corrected chi connectivity index (χ2v) is 7.87. The zero-order valence-electron chi connectivity index (χ0n) is 15.5. The Morgan fingerprint density at radius 3 is 2.89 bits per heavy atom. The molecular weight excluding hydrogens is 364 g/mol. The lowest BCUT2D eigenvalue weighted by atomic mass is 9.80. The maximum Gasteiger partial charge on any atom is 0.335 e. The summed E-state index contributed by atoms with van der Waals surface area (Å²) >= 11 is 6.61. The number of aromatic nitrogens is 1. The van der Waals surface area contributed by atoms with Crippen LogP contribution in [0.4, 0.5) is 0 Å².